The van der Waals surface area contributed by atoms with Gasteiger partial charge in [0.2, 0.25) is 0 Å². The Morgan fingerprint density at radius 1 is 0.705 bits per heavy atom. The van der Waals surface area contributed by atoms with Crippen molar-refractivity contribution in [2.24, 2.45) is 23.7 Å². The van der Waals surface area contributed by atoms with E-state index >= 15 is 0 Å². The van der Waals surface area contributed by atoms with Gasteiger partial charge in [-0.3, -0.25) is 0 Å². The van der Waals surface area contributed by atoms with Gasteiger partial charge in [-0.15, -0.1) is 0 Å². The van der Waals surface area contributed by atoms with Crippen LogP contribution in [0.1, 0.15) is 115 Å². The molecule has 8 atom stereocenters. The van der Waals surface area contributed by atoms with Crippen LogP contribution in [-0.2, 0) is 18.9 Å². The first-order valence-electron chi connectivity index (χ1n) is 16.5. The van der Waals surface area contributed by atoms with Gasteiger partial charge in [0.25, 0.3) is 11.6 Å². The standard InChI is InChI=1S/C38H46O6/c1-21(2)31-19-35-25(7)12-14-29(35)23(5)17-37(31,43-35)41-33(39)27-10-9-11-28(16-27)34(40)42-38-18-24(6)30-15-13-26(8)36(30,44-38)20-32(38)22(3)4/h9-11,16-18,25-26,29-30H,12-15,19-20H2,1-8H3. The number of benzene rings is 1. The van der Waals surface area contributed by atoms with Crippen molar-refractivity contribution < 1.29 is 28.5 Å². The molecule has 6 aliphatic rings. The van der Waals surface area contributed by atoms with Crippen molar-refractivity contribution in [1.82, 2.24) is 0 Å². The van der Waals surface area contributed by atoms with Crippen LogP contribution in [0.15, 0.2) is 69.9 Å². The summed E-state index contributed by atoms with van der Waals surface area (Å²) in [4.78, 5) is 27.7. The topological polar surface area (TPSA) is 71.1 Å². The fraction of sp³-hybridized carbons (Fsp3) is 0.579. The summed E-state index contributed by atoms with van der Waals surface area (Å²) in [6, 6.07) is 6.63. The smallest absolute Gasteiger partial charge is 0.341 e. The Kier molecular flexibility index (Phi) is 6.60. The molecule has 0 aromatic heterocycles. The Morgan fingerprint density at radius 3 is 1.50 bits per heavy atom. The molecule has 4 aliphatic heterocycles. The molecule has 4 bridgehead atoms. The van der Waals surface area contributed by atoms with E-state index in [1.54, 1.807) is 24.3 Å². The molecular formula is C38H46O6. The summed E-state index contributed by atoms with van der Waals surface area (Å²) < 4.78 is 26.3. The van der Waals surface area contributed by atoms with Gasteiger partial charge >= 0.3 is 11.9 Å². The average Bonchev–Trinajstić information content (AvgIpc) is 3.64. The minimum atomic E-state index is -1.23. The number of carbonyl (C=O) groups excluding carboxylic acids is 2. The third kappa shape index (κ3) is 3.99. The molecule has 2 spiro atoms. The second-order valence-corrected chi connectivity index (χ2v) is 15.0. The minimum absolute atomic E-state index is 0.280. The van der Waals surface area contributed by atoms with Crippen molar-refractivity contribution in [2.75, 3.05) is 0 Å². The molecule has 44 heavy (non-hydrogen) atoms. The normalized spacial score (nSPS) is 39.8. The van der Waals surface area contributed by atoms with E-state index in [2.05, 4.69) is 55.4 Å². The predicted octanol–water partition coefficient (Wildman–Crippen LogP) is 8.40. The van der Waals surface area contributed by atoms with Crippen LogP contribution in [0.4, 0.5) is 0 Å². The zero-order chi connectivity index (χ0) is 31.4. The number of hydrogen-bond donors (Lipinski definition) is 0. The van der Waals surface area contributed by atoms with E-state index in [-0.39, 0.29) is 22.3 Å². The zero-order valence-electron chi connectivity index (χ0n) is 27.5. The Labute approximate surface area is 261 Å². The highest BCUT2D eigenvalue weighted by atomic mass is 16.7. The maximum atomic E-state index is 13.8. The van der Waals surface area contributed by atoms with Gasteiger partial charge < -0.3 is 18.9 Å². The van der Waals surface area contributed by atoms with Crippen molar-refractivity contribution in [3.8, 4) is 0 Å². The molecule has 8 unspecified atom stereocenters. The fourth-order valence-corrected chi connectivity index (χ4v) is 9.70. The molecule has 6 heteroatoms. The highest BCUT2D eigenvalue weighted by Gasteiger charge is 2.66. The molecule has 0 amide bonds. The van der Waals surface area contributed by atoms with Crippen LogP contribution in [0.3, 0.4) is 0 Å². The van der Waals surface area contributed by atoms with Crippen LogP contribution < -0.4 is 0 Å². The van der Waals surface area contributed by atoms with Gasteiger partial charge in [0.15, 0.2) is 0 Å². The molecule has 0 radical (unpaired) electrons. The molecule has 1 aromatic carbocycles. The molecule has 4 heterocycles. The van der Waals surface area contributed by atoms with Crippen LogP contribution >= 0.6 is 0 Å². The molecule has 7 rings (SSSR count). The van der Waals surface area contributed by atoms with Gasteiger partial charge in [0, 0.05) is 35.8 Å². The first kappa shape index (κ1) is 29.7. The van der Waals surface area contributed by atoms with Crippen LogP contribution in [0, 0.1) is 23.7 Å². The van der Waals surface area contributed by atoms with Crippen molar-refractivity contribution >= 4 is 11.9 Å². The van der Waals surface area contributed by atoms with Crippen LogP contribution in [0.5, 0.6) is 0 Å². The zero-order valence-corrected chi connectivity index (χ0v) is 27.5. The average molecular weight is 599 g/mol. The molecule has 6 nitrogen and oxygen atoms in total. The van der Waals surface area contributed by atoms with E-state index in [1.165, 1.54) is 11.1 Å². The summed E-state index contributed by atoms with van der Waals surface area (Å²) in [5.74, 6) is -2.11. The maximum absolute atomic E-state index is 13.8. The van der Waals surface area contributed by atoms with E-state index in [0.717, 1.165) is 60.8 Å². The summed E-state index contributed by atoms with van der Waals surface area (Å²) in [5, 5.41) is 0. The predicted molar refractivity (Wildman–Crippen MR) is 168 cm³/mol. The number of carbonyl (C=O) groups is 2. The van der Waals surface area contributed by atoms with E-state index < -0.39 is 23.5 Å². The summed E-state index contributed by atoms with van der Waals surface area (Å²) >= 11 is 0. The highest BCUT2D eigenvalue weighted by Crippen LogP contribution is 2.63. The van der Waals surface area contributed by atoms with Gasteiger partial charge in [-0.1, -0.05) is 42.2 Å². The molecule has 4 fully saturated rings. The van der Waals surface area contributed by atoms with Crippen LogP contribution in [0.25, 0.3) is 0 Å². The van der Waals surface area contributed by atoms with E-state index in [9.17, 15) is 9.59 Å². The Balaban J connectivity index is 1.18. The van der Waals surface area contributed by atoms with E-state index in [4.69, 9.17) is 18.9 Å². The first-order chi connectivity index (χ1) is 20.8. The SMILES string of the molecule is CC1=CC2(OC(=O)c3cccc(C(=O)OC45C=C(C)C6CCC(C)C6(CC4=C(C)C)O5)c3)OC3(CC2=C(C)C)C(C)CCC13. The quantitative estimate of drug-likeness (QED) is 0.256. The molecule has 234 valence electrons. The number of rotatable bonds is 4. The summed E-state index contributed by atoms with van der Waals surface area (Å²) in [6.07, 6.45) is 9.91. The number of ether oxygens (including phenoxy) is 4. The highest BCUT2D eigenvalue weighted by molar-refractivity contribution is 5.96. The molecule has 2 saturated heterocycles. The van der Waals surface area contributed by atoms with Crippen LogP contribution in [0.2, 0.25) is 0 Å². The van der Waals surface area contributed by atoms with Crippen molar-refractivity contribution in [3.05, 3.63) is 81.0 Å². The molecule has 1 aromatic rings. The summed E-state index contributed by atoms with van der Waals surface area (Å²) in [5.41, 5.74) is 6.57. The largest absolute Gasteiger partial charge is 0.421 e. The van der Waals surface area contributed by atoms with Crippen LogP contribution in [-0.4, -0.2) is 34.7 Å². The third-order valence-corrected chi connectivity index (χ3v) is 12.0. The number of allylic oxidation sites excluding steroid dienone is 2. The lowest BCUT2D eigenvalue weighted by atomic mass is 9.79. The number of fused-ring (bicyclic) bond motifs is 2. The van der Waals surface area contributed by atoms with Crippen molar-refractivity contribution in [1.29, 1.82) is 0 Å². The van der Waals surface area contributed by atoms with Gasteiger partial charge in [-0.05, 0) is 109 Å². The van der Waals surface area contributed by atoms with Gasteiger partial charge in [0.1, 0.15) is 0 Å². The Morgan fingerprint density at radius 2 is 1.11 bits per heavy atom. The minimum Gasteiger partial charge on any atom is -0.421 e. The second-order valence-electron chi connectivity index (χ2n) is 15.0. The molecule has 2 aliphatic carbocycles. The van der Waals surface area contributed by atoms with Crippen molar-refractivity contribution in [3.63, 3.8) is 0 Å². The van der Waals surface area contributed by atoms with Gasteiger partial charge in [-0.2, -0.15) is 0 Å². The third-order valence-electron chi connectivity index (χ3n) is 12.0. The van der Waals surface area contributed by atoms with Gasteiger partial charge in [0.05, 0.1) is 22.3 Å². The molecular weight excluding hydrogens is 552 g/mol. The lowest BCUT2D eigenvalue weighted by Gasteiger charge is -2.42. The van der Waals surface area contributed by atoms with Gasteiger partial charge in [-0.25, -0.2) is 9.59 Å². The Hall–Kier alpha value is -2.96. The van der Waals surface area contributed by atoms with E-state index in [0.29, 0.717) is 23.7 Å². The van der Waals surface area contributed by atoms with E-state index in [1.807, 2.05) is 12.2 Å². The Bertz CT molecular complexity index is 1470. The molecule has 2 saturated carbocycles. The second kappa shape index (κ2) is 9.77. The number of esters is 2. The number of hydrogen-bond acceptors (Lipinski definition) is 6. The first-order valence-corrected chi connectivity index (χ1v) is 16.5. The maximum Gasteiger partial charge on any atom is 0.341 e. The lowest BCUT2D eigenvalue weighted by Crippen LogP contribution is -2.47. The molecule has 0 N–H and O–H groups in total. The fourth-order valence-electron chi connectivity index (χ4n) is 9.70. The summed E-state index contributed by atoms with van der Waals surface area (Å²) in [7, 11) is 0. The lowest BCUT2D eigenvalue weighted by molar-refractivity contribution is -0.210. The monoisotopic (exact) mass is 598 g/mol. The summed E-state index contributed by atoms with van der Waals surface area (Å²) in [6.45, 7) is 17.0. The van der Waals surface area contributed by atoms with Crippen molar-refractivity contribution in [2.45, 2.75) is 117 Å².